The number of sulfone groups is 1. The second kappa shape index (κ2) is 9.29. The van der Waals surface area contributed by atoms with E-state index in [-0.39, 0.29) is 22.9 Å². The van der Waals surface area contributed by atoms with Crippen LogP contribution in [0.15, 0.2) is 71.8 Å². The molecule has 2 heterocycles. The van der Waals surface area contributed by atoms with Crippen molar-refractivity contribution in [1.82, 2.24) is 9.97 Å². The van der Waals surface area contributed by atoms with Gasteiger partial charge in [0.15, 0.2) is 15.0 Å². The molecule has 9 heteroatoms. The molecular formula is C24H23N3O4S2. The Balaban J connectivity index is 1.80. The third-order valence-electron chi connectivity index (χ3n) is 5.14. The Bertz CT molecular complexity index is 1400. The van der Waals surface area contributed by atoms with Crippen LogP contribution in [-0.4, -0.2) is 36.7 Å². The van der Waals surface area contributed by atoms with Gasteiger partial charge in [-0.15, -0.1) is 0 Å². The minimum Gasteiger partial charge on any atom is -0.494 e. The molecule has 4 rings (SSSR count). The molecule has 33 heavy (non-hydrogen) atoms. The van der Waals surface area contributed by atoms with Crippen LogP contribution in [-0.2, 0) is 16.4 Å². The van der Waals surface area contributed by atoms with Gasteiger partial charge < -0.3 is 4.74 Å². The minimum atomic E-state index is -3.52. The van der Waals surface area contributed by atoms with E-state index >= 15 is 0 Å². The fraction of sp³-hybridized carbons (Fsp3) is 0.208. The third-order valence-corrected chi connectivity index (χ3v) is 8.34. The first kappa shape index (κ1) is 22.9. The van der Waals surface area contributed by atoms with Gasteiger partial charge >= 0.3 is 0 Å². The summed E-state index contributed by atoms with van der Waals surface area (Å²) in [6.45, 7) is 3.42. The van der Waals surface area contributed by atoms with Gasteiger partial charge in [-0.2, -0.15) is 0 Å². The number of hydrogen-bond acceptors (Lipinski definition) is 7. The molecule has 0 atom stereocenters. The number of anilines is 1. The summed E-state index contributed by atoms with van der Waals surface area (Å²) in [6.07, 6.45) is 1.66. The molecule has 0 aliphatic rings. The molecule has 1 amide bonds. The van der Waals surface area contributed by atoms with Crippen molar-refractivity contribution in [3.63, 3.8) is 0 Å². The molecular weight excluding hydrogens is 458 g/mol. The molecule has 0 bridgehead atoms. The molecule has 0 unspecified atom stereocenters. The lowest BCUT2D eigenvalue weighted by Gasteiger charge is -2.20. The molecule has 4 aromatic rings. The lowest BCUT2D eigenvalue weighted by Crippen LogP contribution is -2.31. The molecule has 0 saturated carbocycles. The number of rotatable bonds is 7. The number of carbonyl (C=O) groups excluding carboxylic acids is 1. The van der Waals surface area contributed by atoms with E-state index in [0.29, 0.717) is 22.1 Å². The molecule has 170 valence electrons. The number of methoxy groups -OCH3 is 1. The van der Waals surface area contributed by atoms with Gasteiger partial charge in [-0.05, 0) is 56.3 Å². The quantitative estimate of drug-likeness (QED) is 0.379. The summed E-state index contributed by atoms with van der Waals surface area (Å²) in [5.74, 6) is 0.254. The fourth-order valence-electron chi connectivity index (χ4n) is 3.31. The largest absolute Gasteiger partial charge is 0.494 e. The van der Waals surface area contributed by atoms with E-state index in [1.165, 1.54) is 28.4 Å². The van der Waals surface area contributed by atoms with E-state index in [2.05, 4.69) is 9.97 Å². The van der Waals surface area contributed by atoms with Crippen LogP contribution in [0.3, 0.4) is 0 Å². The molecule has 0 radical (unpaired) electrons. The number of thiazole rings is 1. The Morgan fingerprint density at radius 3 is 2.58 bits per heavy atom. The van der Waals surface area contributed by atoms with E-state index in [4.69, 9.17) is 4.74 Å². The predicted octanol–water partition coefficient (Wildman–Crippen LogP) is 4.73. The van der Waals surface area contributed by atoms with Gasteiger partial charge in [-0.3, -0.25) is 14.7 Å². The van der Waals surface area contributed by atoms with Crippen molar-refractivity contribution < 1.29 is 17.9 Å². The second-order valence-electron chi connectivity index (χ2n) is 7.64. The Labute approximate surface area is 196 Å². The van der Waals surface area contributed by atoms with Gasteiger partial charge in [0.25, 0.3) is 5.91 Å². The maximum atomic E-state index is 13.7. The van der Waals surface area contributed by atoms with Gasteiger partial charge in [-0.1, -0.05) is 29.5 Å². The van der Waals surface area contributed by atoms with E-state index in [9.17, 15) is 13.2 Å². The maximum absolute atomic E-state index is 13.7. The number of hydrogen-bond donors (Lipinski definition) is 0. The molecule has 7 nitrogen and oxygen atoms in total. The number of benzene rings is 2. The van der Waals surface area contributed by atoms with Crippen LogP contribution in [0.2, 0.25) is 0 Å². The van der Waals surface area contributed by atoms with Crippen LogP contribution < -0.4 is 9.64 Å². The molecule has 0 aliphatic carbocycles. The van der Waals surface area contributed by atoms with Gasteiger partial charge in [-0.25, -0.2) is 13.4 Å². The summed E-state index contributed by atoms with van der Waals surface area (Å²) < 4.78 is 31.6. The zero-order valence-electron chi connectivity index (χ0n) is 18.4. The minimum absolute atomic E-state index is 0.118. The molecule has 2 aromatic carbocycles. The first-order chi connectivity index (χ1) is 15.8. The van der Waals surface area contributed by atoms with Crippen molar-refractivity contribution in [2.45, 2.75) is 30.5 Å². The van der Waals surface area contributed by atoms with E-state index in [1.54, 1.807) is 45.4 Å². The smallest absolute Gasteiger partial charge is 0.260 e. The van der Waals surface area contributed by atoms with E-state index in [0.717, 1.165) is 4.70 Å². The Morgan fingerprint density at radius 2 is 1.88 bits per heavy atom. The lowest BCUT2D eigenvalue weighted by molar-refractivity contribution is 0.0984. The Hall–Kier alpha value is -3.30. The van der Waals surface area contributed by atoms with Crippen LogP contribution in [0.25, 0.3) is 10.2 Å². The molecule has 0 N–H and O–H groups in total. The summed E-state index contributed by atoms with van der Waals surface area (Å²) in [4.78, 5) is 24.3. The Kier molecular flexibility index (Phi) is 6.44. The number of nitrogens with zero attached hydrogens (tertiary/aromatic N) is 3. The lowest BCUT2D eigenvalue weighted by atomic mass is 10.2. The number of carbonyl (C=O) groups is 1. The number of aromatic nitrogens is 2. The van der Waals surface area contributed by atoms with Crippen molar-refractivity contribution in [1.29, 1.82) is 0 Å². The zero-order chi connectivity index (χ0) is 23.6. The monoisotopic (exact) mass is 481 g/mol. The van der Waals surface area contributed by atoms with Crippen LogP contribution >= 0.6 is 11.3 Å². The number of pyridine rings is 1. The highest BCUT2D eigenvalue weighted by atomic mass is 32.2. The number of fused-ring (bicyclic) bond motifs is 1. The SMILES string of the molecule is COc1cccc2sc(N(Cc3ccccn3)C(=O)c3cccc(S(=O)(=O)C(C)C)c3)nc12. The highest BCUT2D eigenvalue weighted by Gasteiger charge is 2.25. The summed E-state index contributed by atoms with van der Waals surface area (Å²) in [5.41, 5.74) is 1.61. The van der Waals surface area contributed by atoms with Gasteiger partial charge in [0.05, 0.1) is 34.2 Å². The summed E-state index contributed by atoms with van der Waals surface area (Å²) in [6, 6.07) is 17.2. The topological polar surface area (TPSA) is 89.5 Å². The van der Waals surface area contributed by atoms with Crippen LogP contribution in [0.4, 0.5) is 5.13 Å². The van der Waals surface area contributed by atoms with Gasteiger partial charge in [0.1, 0.15) is 11.3 Å². The van der Waals surface area contributed by atoms with Crippen molar-refractivity contribution in [2.75, 3.05) is 12.0 Å². The normalized spacial score (nSPS) is 11.6. The first-order valence-electron chi connectivity index (χ1n) is 10.3. The average molecular weight is 482 g/mol. The molecule has 0 spiro atoms. The van der Waals surface area contributed by atoms with Crippen LogP contribution in [0, 0.1) is 0 Å². The fourth-order valence-corrected chi connectivity index (χ4v) is 5.39. The van der Waals surface area contributed by atoms with Crippen LogP contribution in [0.1, 0.15) is 29.9 Å². The molecule has 2 aromatic heterocycles. The van der Waals surface area contributed by atoms with Crippen molar-refractivity contribution in [2.24, 2.45) is 0 Å². The third kappa shape index (κ3) is 4.60. The van der Waals surface area contributed by atoms with E-state index in [1.807, 2.05) is 30.3 Å². The standard InChI is InChI=1S/C24H23N3O4S2/c1-16(2)33(29,30)19-10-6-8-17(14-19)23(28)27(15-18-9-4-5-13-25-18)24-26-22-20(31-3)11-7-12-21(22)32-24/h4-14,16H,15H2,1-3H3. The van der Waals surface area contributed by atoms with Gasteiger partial charge in [0.2, 0.25) is 0 Å². The van der Waals surface area contributed by atoms with Crippen molar-refractivity contribution >= 4 is 42.4 Å². The van der Waals surface area contributed by atoms with Crippen LogP contribution in [0.5, 0.6) is 5.75 Å². The molecule has 0 fully saturated rings. The summed E-state index contributed by atoms with van der Waals surface area (Å²) >= 11 is 1.36. The molecule has 0 saturated heterocycles. The highest BCUT2D eigenvalue weighted by molar-refractivity contribution is 7.92. The number of amides is 1. The zero-order valence-corrected chi connectivity index (χ0v) is 20.1. The first-order valence-corrected chi connectivity index (χ1v) is 12.7. The second-order valence-corrected chi connectivity index (χ2v) is 11.2. The number of para-hydroxylation sites is 1. The maximum Gasteiger partial charge on any atom is 0.260 e. The number of ether oxygens (including phenoxy) is 1. The summed E-state index contributed by atoms with van der Waals surface area (Å²) in [7, 11) is -1.95. The average Bonchev–Trinajstić information content (AvgIpc) is 3.27. The summed E-state index contributed by atoms with van der Waals surface area (Å²) in [5, 5.41) is -0.119. The Morgan fingerprint density at radius 1 is 1.09 bits per heavy atom. The van der Waals surface area contributed by atoms with E-state index < -0.39 is 15.1 Å². The predicted molar refractivity (Wildman–Crippen MR) is 130 cm³/mol. The highest BCUT2D eigenvalue weighted by Crippen LogP contribution is 2.35. The van der Waals surface area contributed by atoms with Crippen molar-refractivity contribution in [3.8, 4) is 5.75 Å². The molecule has 0 aliphatic heterocycles. The van der Waals surface area contributed by atoms with Gasteiger partial charge in [0, 0.05) is 11.8 Å². The van der Waals surface area contributed by atoms with Crippen molar-refractivity contribution in [3.05, 3.63) is 78.1 Å².